The summed E-state index contributed by atoms with van der Waals surface area (Å²) in [7, 11) is 0. The fourth-order valence-electron chi connectivity index (χ4n) is 2.82. The van der Waals surface area contributed by atoms with Gasteiger partial charge in [0.05, 0.1) is 31.0 Å². The quantitative estimate of drug-likeness (QED) is 0.624. The number of hydrogen-bond acceptors (Lipinski definition) is 6. The summed E-state index contributed by atoms with van der Waals surface area (Å²) in [6.07, 6.45) is 7.35. The van der Waals surface area contributed by atoms with E-state index in [0.29, 0.717) is 25.2 Å². The molecule has 0 spiro atoms. The van der Waals surface area contributed by atoms with Crippen molar-refractivity contribution in [2.45, 2.75) is 6.04 Å². The van der Waals surface area contributed by atoms with Crippen LogP contribution in [0.25, 0.3) is 27.7 Å². The molecule has 5 heterocycles. The van der Waals surface area contributed by atoms with E-state index < -0.39 is 0 Å². The Labute approximate surface area is 137 Å². The zero-order chi connectivity index (χ0) is 15.9. The Morgan fingerprint density at radius 2 is 2.08 bits per heavy atom. The normalized spacial score (nSPS) is 14.8. The Kier molecular flexibility index (Phi) is 2.92. The van der Waals surface area contributed by atoms with Crippen molar-refractivity contribution >= 4 is 22.5 Å². The van der Waals surface area contributed by atoms with Gasteiger partial charge in [-0.2, -0.15) is 0 Å². The fourth-order valence-corrected chi connectivity index (χ4v) is 2.82. The van der Waals surface area contributed by atoms with E-state index in [0.717, 1.165) is 27.7 Å². The predicted octanol–water partition coefficient (Wildman–Crippen LogP) is 2.15. The summed E-state index contributed by atoms with van der Waals surface area (Å²) in [5, 5.41) is 8.78. The van der Waals surface area contributed by atoms with Gasteiger partial charge in [0.15, 0.2) is 5.65 Å². The highest BCUT2D eigenvalue weighted by atomic mass is 16.5. The number of anilines is 1. The minimum atomic E-state index is 0.301. The largest absolute Gasteiger partial charge is 0.377 e. The molecule has 0 unspecified atom stereocenters. The van der Waals surface area contributed by atoms with Gasteiger partial charge in [-0.3, -0.25) is 0 Å². The van der Waals surface area contributed by atoms with Gasteiger partial charge in [0.1, 0.15) is 0 Å². The predicted molar refractivity (Wildman–Crippen MR) is 89.7 cm³/mol. The first-order chi connectivity index (χ1) is 11.9. The lowest BCUT2D eigenvalue weighted by atomic mass is 10.1. The van der Waals surface area contributed by atoms with Gasteiger partial charge in [-0.05, 0) is 24.3 Å². The molecule has 1 N–H and O–H groups in total. The zero-order valence-corrected chi connectivity index (χ0v) is 12.8. The van der Waals surface area contributed by atoms with Crippen molar-refractivity contribution in [2.24, 2.45) is 0 Å². The minimum Gasteiger partial charge on any atom is -0.377 e. The van der Waals surface area contributed by atoms with Crippen molar-refractivity contribution in [2.75, 3.05) is 18.5 Å². The Morgan fingerprint density at radius 1 is 1.12 bits per heavy atom. The van der Waals surface area contributed by atoms with Gasteiger partial charge in [0, 0.05) is 35.1 Å². The molecule has 5 rings (SSSR count). The Balaban J connectivity index is 1.55. The number of pyridine rings is 2. The summed E-state index contributed by atoms with van der Waals surface area (Å²) in [6.45, 7) is 1.41. The van der Waals surface area contributed by atoms with Crippen LogP contribution in [-0.2, 0) is 4.74 Å². The molecule has 24 heavy (non-hydrogen) atoms. The van der Waals surface area contributed by atoms with E-state index in [4.69, 9.17) is 4.74 Å². The smallest absolute Gasteiger partial charge is 0.241 e. The lowest BCUT2D eigenvalue weighted by Gasteiger charge is -2.26. The molecule has 0 amide bonds. The molecule has 1 aliphatic rings. The average Bonchev–Trinajstić information content (AvgIpc) is 3.01. The van der Waals surface area contributed by atoms with E-state index in [1.165, 1.54) is 0 Å². The molecule has 0 aliphatic carbocycles. The molecule has 118 valence electrons. The van der Waals surface area contributed by atoms with Crippen LogP contribution in [0, 0.1) is 0 Å². The van der Waals surface area contributed by atoms with E-state index in [1.54, 1.807) is 6.20 Å². The van der Waals surface area contributed by atoms with Gasteiger partial charge in [0.25, 0.3) is 0 Å². The molecule has 7 heteroatoms. The topological polar surface area (TPSA) is 77.2 Å². The summed E-state index contributed by atoms with van der Waals surface area (Å²) in [5.74, 6) is 0.610. The van der Waals surface area contributed by atoms with E-state index in [2.05, 4.69) is 31.4 Å². The van der Waals surface area contributed by atoms with Crippen LogP contribution in [-0.4, -0.2) is 43.8 Å². The number of nitrogens with zero attached hydrogens (tertiary/aromatic N) is 5. The molecule has 0 atom stereocenters. The summed E-state index contributed by atoms with van der Waals surface area (Å²) >= 11 is 0. The number of aromatic nitrogens is 5. The molecule has 4 aromatic rings. The van der Waals surface area contributed by atoms with Crippen LogP contribution >= 0.6 is 0 Å². The Morgan fingerprint density at radius 3 is 2.96 bits per heavy atom. The maximum absolute atomic E-state index is 5.15. The van der Waals surface area contributed by atoms with Gasteiger partial charge >= 0.3 is 0 Å². The van der Waals surface area contributed by atoms with Crippen molar-refractivity contribution in [3.05, 3.63) is 49.1 Å². The SMILES string of the molecule is c1cnc2ncc(-c3ccn4nc(NC5COC5)ncc34)cc2c1. The van der Waals surface area contributed by atoms with Crippen LogP contribution in [0.1, 0.15) is 0 Å². The highest BCUT2D eigenvalue weighted by Crippen LogP contribution is 2.26. The third-order valence-corrected chi connectivity index (χ3v) is 4.15. The average molecular weight is 318 g/mol. The highest BCUT2D eigenvalue weighted by Gasteiger charge is 2.19. The standard InChI is InChI=1S/C17H14N6O/c1-2-11-6-12(7-19-16(11)18-4-1)14-3-5-23-15(14)8-20-17(22-23)21-13-9-24-10-13/h1-8,13H,9-10H2,(H,21,22). The number of ether oxygens (including phenoxy) is 1. The maximum atomic E-state index is 5.15. The van der Waals surface area contributed by atoms with Crippen LogP contribution in [0.4, 0.5) is 5.95 Å². The second-order valence-electron chi connectivity index (χ2n) is 5.79. The van der Waals surface area contributed by atoms with Crippen molar-refractivity contribution in [1.82, 2.24) is 24.6 Å². The molecule has 1 fully saturated rings. The second kappa shape index (κ2) is 5.24. The number of fused-ring (bicyclic) bond motifs is 2. The third kappa shape index (κ3) is 2.17. The fraction of sp³-hybridized carbons (Fsp3) is 0.176. The summed E-state index contributed by atoms with van der Waals surface area (Å²) in [4.78, 5) is 13.1. The summed E-state index contributed by atoms with van der Waals surface area (Å²) in [5.41, 5.74) is 3.76. The van der Waals surface area contributed by atoms with Crippen molar-refractivity contribution in [1.29, 1.82) is 0 Å². The van der Waals surface area contributed by atoms with E-state index in [1.807, 2.05) is 41.3 Å². The van der Waals surface area contributed by atoms with Gasteiger partial charge in [-0.1, -0.05) is 0 Å². The monoisotopic (exact) mass is 318 g/mol. The molecule has 1 saturated heterocycles. The second-order valence-corrected chi connectivity index (χ2v) is 5.79. The van der Waals surface area contributed by atoms with Crippen molar-refractivity contribution in [3.63, 3.8) is 0 Å². The Bertz CT molecular complexity index is 1040. The third-order valence-electron chi connectivity index (χ3n) is 4.15. The first kappa shape index (κ1) is 13.4. The van der Waals surface area contributed by atoms with Crippen LogP contribution in [0.5, 0.6) is 0 Å². The van der Waals surface area contributed by atoms with E-state index in [-0.39, 0.29) is 0 Å². The van der Waals surface area contributed by atoms with Crippen LogP contribution in [0.3, 0.4) is 0 Å². The molecule has 1 aliphatic heterocycles. The molecular formula is C17H14N6O. The van der Waals surface area contributed by atoms with Gasteiger partial charge in [0.2, 0.25) is 5.95 Å². The molecule has 0 bridgehead atoms. The van der Waals surface area contributed by atoms with E-state index >= 15 is 0 Å². The number of rotatable bonds is 3. The van der Waals surface area contributed by atoms with Gasteiger partial charge in [-0.15, -0.1) is 5.10 Å². The number of hydrogen-bond donors (Lipinski definition) is 1. The minimum absolute atomic E-state index is 0.301. The van der Waals surface area contributed by atoms with Crippen LogP contribution < -0.4 is 5.32 Å². The zero-order valence-electron chi connectivity index (χ0n) is 12.8. The molecule has 0 radical (unpaired) electrons. The Hall–Kier alpha value is -3.06. The maximum Gasteiger partial charge on any atom is 0.241 e. The van der Waals surface area contributed by atoms with Gasteiger partial charge in [-0.25, -0.2) is 19.5 Å². The lowest BCUT2D eigenvalue weighted by Crippen LogP contribution is -2.40. The lowest BCUT2D eigenvalue weighted by molar-refractivity contribution is 0.0207. The number of nitrogens with one attached hydrogen (secondary N) is 1. The molecule has 0 saturated carbocycles. The first-order valence-electron chi connectivity index (χ1n) is 7.77. The van der Waals surface area contributed by atoms with E-state index in [9.17, 15) is 0 Å². The molecule has 0 aromatic carbocycles. The van der Waals surface area contributed by atoms with Crippen LogP contribution in [0.2, 0.25) is 0 Å². The van der Waals surface area contributed by atoms with Crippen molar-refractivity contribution < 1.29 is 4.74 Å². The summed E-state index contributed by atoms with van der Waals surface area (Å²) < 4.78 is 6.99. The summed E-state index contributed by atoms with van der Waals surface area (Å²) in [6, 6.07) is 8.34. The molecular weight excluding hydrogens is 304 g/mol. The highest BCUT2D eigenvalue weighted by molar-refractivity contribution is 5.86. The first-order valence-corrected chi connectivity index (χ1v) is 7.77. The molecule has 4 aromatic heterocycles. The van der Waals surface area contributed by atoms with Gasteiger partial charge < -0.3 is 10.1 Å². The van der Waals surface area contributed by atoms with Crippen molar-refractivity contribution in [3.8, 4) is 11.1 Å². The molecule has 7 nitrogen and oxygen atoms in total. The van der Waals surface area contributed by atoms with Crippen LogP contribution in [0.15, 0.2) is 49.1 Å².